The van der Waals surface area contributed by atoms with Gasteiger partial charge in [-0.2, -0.15) is 0 Å². The predicted octanol–water partition coefficient (Wildman–Crippen LogP) is 5.34. The molecule has 106 valence electrons. The summed E-state index contributed by atoms with van der Waals surface area (Å²) in [6.45, 7) is 1.71. The van der Waals surface area contributed by atoms with E-state index in [0.29, 0.717) is 10.8 Å². The van der Waals surface area contributed by atoms with Crippen LogP contribution in [-0.4, -0.2) is 5.11 Å². The second kappa shape index (κ2) is 5.76. The summed E-state index contributed by atoms with van der Waals surface area (Å²) in [6.07, 6.45) is -0.547. The highest BCUT2D eigenvalue weighted by atomic mass is 35.5. The number of aliphatic hydroxyl groups excluding tert-OH is 1. The molecule has 21 heavy (non-hydrogen) atoms. The van der Waals surface area contributed by atoms with Crippen molar-refractivity contribution in [3.8, 4) is 11.5 Å². The third-order valence-corrected chi connectivity index (χ3v) is 3.70. The molecule has 0 aromatic heterocycles. The summed E-state index contributed by atoms with van der Waals surface area (Å²) in [5.74, 6) is 1.34. The van der Waals surface area contributed by atoms with Gasteiger partial charge in [0.2, 0.25) is 0 Å². The maximum Gasteiger partial charge on any atom is 0.146 e. The molecule has 0 heterocycles. The van der Waals surface area contributed by atoms with Crippen molar-refractivity contribution in [2.75, 3.05) is 0 Å². The van der Waals surface area contributed by atoms with Crippen molar-refractivity contribution >= 4 is 22.4 Å². The normalized spacial score (nSPS) is 12.3. The van der Waals surface area contributed by atoms with Crippen LogP contribution in [0.2, 0.25) is 5.02 Å². The minimum atomic E-state index is -0.547. The van der Waals surface area contributed by atoms with Crippen molar-refractivity contribution in [3.63, 3.8) is 0 Å². The Labute approximate surface area is 128 Å². The van der Waals surface area contributed by atoms with Crippen molar-refractivity contribution < 1.29 is 9.84 Å². The van der Waals surface area contributed by atoms with E-state index in [0.717, 1.165) is 22.1 Å². The molecule has 3 rings (SSSR count). The maximum atomic E-state index is 9.57. The number of halogens is 1. The first-order valence-corrected chi connectivity index (χ1v) is 7.16. The molecule has 0 amide bonds. The largest absolute Gasteiger partial charge is 0.455 e. The van der Waals surface area contributed by atoms with Crippen LogP contribution < -0.4 is 4.74 Å². The van der Waals surface area contributed by atoms with Gasteiger partial charge in [-0.25, -0.2) is 0 Å². The van der Waals surface area contributed by atoms with Gasteiger partial charge in [-0.05, 0) is 36.1 Å². The predicted molar refractivity (Wildman–Crippen MR) is 86.1 cm³/mol. The van der Waals surface area contributed by atoms with Crippen LogP contribution in [0.15, 0.2) is 60.7 Å². The molecule has 0 aliphatic carbocycles. The average Bonchev–Trinajstić information content (AvgIpc) is 2.49. The van der Waals surface area contributed by atoms with Crippen molar-refractivity contribution in [1.82, 2.24) is 0 Å². The number of fused-ring (bicyclic) bond motifs is 1. The molecule has 2 nitrogen and oxygen atoms in total. The monoisotopic (exact) mass is 298 g/mol. The van der Waals surface area contributed by atoms with Crippen LogP contribution in [0.5, 0.6) is 11.5 Å². The molecule has 0 aliphatic rings. The standard InChI is InChI=1S/C18H15ClO2/c1-12(20)14-9-10-18(16(19)11-14)21-17-8-4-6-13-5-2-3-7-15(13)17/h2-12,20H,1H3/t12-/m0/s1. The fourth-order valence-corrected chi connectivity index (χ4v) is 2.49. The van der Waals surface area contributed by atoms with Crippen molar-refractivity contribution in [2.24, 2.45) is 0 Å². The Balaban J connectivity index is 1.99. The van der Waals surface area contributed by atoms with Gasteiger partial charge < -0.3 is 9.84 Å². The summed E-state index contributed by atoms with van der Waals surface area (Å²) < 4.78 is 5.94. The van der Waals surface area contributed by atoms with Crippen molar-refractivity contribution in [3.05, 3.63) is 71.2 Å². The van der Waals surface area contributed by atoms with Gasteiger partial charge in [0.1, 0.15) is 11.5 Å². The van der Waals surface area contributed by atoms with Gasteiger partial charge in [-0.1, -0.05) is 54.1 Å². The molecular formula is C18H15ClO2. The quantitative estimate of drug-likeness (QED) is 0.707. The molecule has 3 aromatic rings. The Bertz CT molecular complexity index is 776. The minimum Gasteiger partial charge on any atom is -0.455 e. The van der Waals surface area contributed by atoms with Gasteiger partial charge in [-0.15, -0.1) is 0 Å². The second-order valence-corrected chi connectivity index (χ2v) is 5.35. The van der Waals surface area contributed by atoms with E-state index in [1.807, 2.05) is 48.5 Å². The molecule has 3 heteroatoms. The van der Waals surface area contributed by atoms with Gasteiger partial charge in [0.15, 0.2) is 0 Å². The number of rotatable bonds is 3. The third kappa shape index (κ3) is 2.87. The Morgan fingerprint density at radius 1 is 0.952 bits per heavy atom. The summed E-state index contributed by atoms with van der Waals surface area (Å²) in [7, 11) is 0. The maximum absolute atomic E-state index is 9.57. The number of ether oxygens (including phenoxy) is 1. The lowest BCUT2D eigenvalue weighted by Crippen LogP contribution is -1.92. The highest BCUT2D eigenvalue weighted by Gasteiger charge is 2.09. The lowest BCUT2D eigenvalue weighted by molar-refractivity contribution is 0.199. The Kier molecular flexibility index (Phi) is 3.82. The molecule has 0 unspecified atom stereocenters. The molecule has 0 radical (unpaired) electrons. The first-order valence-electron chi connectivity index (χ1n) is 6.78. The average molecular weight is 299 g/mol. The fourth-order valence-electron chi connectivity index (χ4n) is 2.26. The van der Waals surface area contributed by atoms with Crippen LogP contribution in [0.4, 0.5) is 0 Å². The first kappa shape index (κ1) is 13.9. The van der Waals surface area contributed by atoms with Crippen LogP contribution >= 0.6 is 11.6 Å². The summed E-state index contributed by atoms with van der Waals surface area (Å²) in [4.78, 5) is 0. The molecule has 1 N–H and O–H groups in total. The molecule has 0 aliphatic heterocycles. The summed E-state index contributed by atoms with van der Waals surface area (Å²) >= 11 is 6.24. The van der Waals surface area contributed by atoms with E-state index in [1.165, 1.54) is 0 Å². The van der Waals surface area contributed by atoms with E-state index in [4.69, 9.17) is 16.3 Å². The Morgan fingerprint density at radius 2 is 1.71 bits per heavy atom. The third-order valence-electron chi connectivity index (χ3n) is 3.41. The molecule has 3 aromatic carbocycles. The number of hydrogen-bond donors (Lipinski definition) is 1. The Morgan fingerprint density at radius 3 is 2.48 bits per heavy atom. The topological polar surface area (TPSA) is 29.5 Å². The van der Waals surface area contributed by atoms with E-state index in [2.05, 4.69) is 0 Å². The lowest BCUT2D eigenvalue weighted by atomic mass is 10.1. The van der Waals surface area contributed by atoms with E-state index in [-0.39, 0.29) is 0 Å². The number of aliphatic hydroxyl groups is 1. The zero-order valence-electron chi connectivity index (χ0n) is 11.6. The first-order chi connectivity index (χ1) is 10.1. The van der Waals surface area contributed by atoms with Crippen LogP contribution in [-0.2, 0) is 0 Å². The molecule has 0 fully saturated rings. The number of benzene rings is 3. The van der Waals surface area contributed by atoms with E-state index in [1.54, 1.807) is 19.1 Å². The molecule has 0 bridgehead atoms. The highest BCUT2D eigenvalue weighted by molar-refractivity contribution is 6.32. The Hall–Kier alpha value is -2.03. The molecular weight excluding hydrogens is 284 g/mol. The van der Waals surface area contributed by atoms with Gasteiger partial charge in [0.25, 0.3) is 0 Å². The summed E-state index contributed by atoms with van der Waals surface area (Å²) in [5.41, 5.74) is 0.769. The van der Waals surface area contributed by atoms with Crippen LogP contribution in [0, 0.1) is 0 Å². The summed E-state index contributed by atoms with van der Waals surface area (Å²) in [6, 6.07) is 19.3. The second-order valence-electron chi connectivity index (χ2n) is 4.95. The SMILES string of the molecule is C[C@H](O)c1ccc(Oc2cccc3ccccc23)c(Cl)c1. The molecule has 0 saturated heterocycles. The van der Waals surface area contributed by atoms with Gasteiger partial charge in [0.05, 0.1) is 11.1 Å². The number of hydrogen-bond acceptors (Lipinski definition) is 2. The van der Waals surface area contributed by atoms with Crippen LogP contribution in [0.1, 0.15) is 18.6 Å². The zero-order chi connectivity index (χ0) is 14.8. The highest BCUT2D eigenvalue weighted by Crippen LogP contribution is 2.34. The molecule has 1 atom stereocenters. The van der Waals surface area contributed by atoms with Gasteiger partial charge in [-0.3, -0.25) is 0 Å². The van der Waals surface area contributed by atoms with Gasteiger partial charge >= 0.3 is 0 Å². The lowest BCUT2D eigenvalue weighted by Gasteiger charge is -2.12. The van der Waals surface area contributed by atoms with E-state index < -0.39 is 6.10 Å². The van der Waals surface area contributed by atoms with Crippen molar-refractivity contribution in [2.45, 2.75) is 13.0 Å². The van der Waals surface area contributed by atoms with E-state index >= 15 is 0 Å². The molecule has 0 spiro atoms. The van der Waals surface area contributed by atoms with Crippen LogP contribution in [0.25, 0.3) is 10.8 Å². The smallest absolute Gasteiger partial charge is 0.146 e. The van der Waals surface area contributed by atoms with Crippen LogP contribution in [0.3, 0.4) is 0 Å². The molecule has 0 saturated carbocycles. The van der Waals surface area contributed by atoms with Gasteiger partial charge in [0, 0.05) is 5.39 Å². The summed E-state index contributed by atoms with van der Waals surface area (Å²) in [5, 5.41) is 12.2. The minimum absolute atomic E-state index is 0.487. The van der Waals surface area contributed by atoms with E-state index in [9.17, 15) is 5.11 Å². The fraction of sp³-hybridized carbons (Fsp3) is 0.111. The zero-order valence-corrected chi connectivity index (χ0v) is 12.3. The van der Waals surface area contributed by atoms with Crippen molar-refractivity contribution in [1.29, 1.82) is 0 Å².